The van der Waals surface area contributed by atoms with Crippen LogP contribution in [0.1, 0.15) is 5.56 Å². The Bertz CT molecular complexity index is 836. The fourth-order valence-electron chi connectivity index (χ4n) is 1.84. The summed E-state index contributed by atoms with van der Waals surface area (Å²) in [7, 11) is 0. The summed E-state index contributed by atoms with van der Waals surface area (Å²) < 4.78 is 5.09. The number of nitrogens with zero attached hydrogens (tertiary/aromatic N) is 3. The number of amides is 1. The number of ether oxygens (including phenoxy) is 1. The summed E-state index contributed by atoms with van der Waals surface area (Å²) in [5.41, 5.74) is 1.92. The maximum atomic E-state index is 11.7. The first-order valence-corrected chi connectivity index (χ1v) is 6.90. The fraction of sp³-hybridized carbons (Fsp3) is 0.0667. The lowest BCUT2D eigenvalue weighted by Crippen LogP contribution is -2.24. The largest absolute Gasteiger partial charge is 0.477 e. The normalized spacial score (nSPS) is 10.4. The van der Waals surface area contributed by atoms with Crippen molar-refractivity contribution in [1.82, 2.24) is 5.43 Å². The Balaban J connectivity index is 1.94. The predicted octanol–water partition coefficient (Wildman–Crippen LogP) is 2.03. The van der Waals surface area contributed by atoms with E-state index >= 15 is 0 Å². The molecule has 0 atom stereocenters. The Morgan fingerprint density at radius 3 is 2.32 bits per heavy atom. The zero-order valence-electron chi connectivity index (χ0n) is 12.7. The van der Waals surface area contributed by atoms with Crippen LogP contribution in [-0.4, -0.2) is 28.6 Å². The van der Waals surface area contributed by atoms with E-state index in [9.17, 15) is 25.0 Å². The summed E-state index contributed by atoms with van der Waals surface area (Å²) in [6.07, 6.45) is 1.13. The van der Waals surface area contributed by atoms with Gasteiger partial charge in [0.05, 0.1) is 21.6 Å². The van der Waals surface area contributed by atoms with Crippen molar-refractivity contribution in [2.45, 2.75) is 0 Å². The summed E-state index contributed by atoms with van der Waals surface area (Å²) in [6, 6.07) is 11.5. The number of nitro groups is 2. The Labute approximate surface area is 141 Å². The number of nitrogens with one attached hydrogen (secondary N) is 1. The number of carbonyl (C=O) groups excluding carboxylic acids is 1. The van der Waals surface area contributed by atoms with Gasteiger partial charge in [-0.15, -0.1) is 0 Å². The molecule has 128 valence electrons. The van der Waals surface area contributed by atoms with Crippen molar-refractivity contribution in [1.29, 1.82) is 0 Å². The molecule has 0 heterocycles. The van der Waals surface area contributed by atoms with Gasteiger partial charge >= 0.3 is 5.69 Å². The van der Waals surface area contributed by atoms with Crippen molar-refractivity contribution < 1.29 is 19.4 Å². The van der Waals surface area contributed by atoms with Crippen molar-refractivity contribution in [2.24, 2.45) is 5.10 Å². The van der Waals surface area contributed by atoms with Gasteiger partial charge in [-0.2, -0.15) is 5.10 Å². The third kappa shape index (κ3) is 4.82. The second kappa shape index (κ2) is 8.15. The summed E-state index contributed by atoms with van der Waals surface area (Å²) >= 11 is 0. The molecule has 0 fully saturated rings. The molecule has 2 aromatic rings. The summed E-state index contributed by atoms with van der Waals surface area (Å²) in [6.45, 7) is -0.501. The fourth-order valence-corrected chi connectivity index (χ4v) is 1.84. The van der Waals surface area contributed by atoms with Crippen LogP contribution in [0.2, 0.25) is 0 Å². The van der Waals surface area contributed by atoms with Crippen LogP contribution in [0.15, 0.2) is 53.6 Å². The van der Waals surface area contributed by atoms with Gasteiger partial charge in [-0.3, -0.25) is 25.0 Å². The maximum Gasteiger partial charge on any atom is 0.310 e. The molecule has 0 saturated carbocycles. The van der Waals surface area contributed by atoms with Gasteiger partial charge in [-0.05, 0) is 12.1 Å². The van der Waals surface area contributed by atoms with Crippen molar-refractivity contribution >= 4 is 23.5 Å². The number of rotatable bonds is 7. The van der Waals surface area contributed by atoms with Crippen molar-refractivity contribution in [2.75, 3.05) is 6.61 Å². The van der Waals surface area contributed by atoms with Gasteiger partial charge in [0.2, 0.25) is 0 Å². The van der Waals surface area contributed by atoms with E-state index in [4.69, 9.17) is 4.74 Å². The minimum absolute atomic E-state index is 0.0506. The quantitative estimate of drug-likeness (QED) is 0.463. The van der Waals surface area contributed by atoms with Gasteiger partial charge in [0, 0.05) is 12.1 Å². The topological polar surface area (TPSA) is 137 Å². The third-order valence-electron chi connectivity index (χ3n) is 2.95. The molecule has 10 heteroatoms. The number of hydrazone groups is 1. The van der Waals surface area contributed by atoms with Crippen molar-refractivity contribution in [3.05, 3.63) is 74.3 Å². The first kappa shape index (κ1) is 17.5. The molecule has 0 radical (unpaired) electrons. The zero-order valence-corrected chi connectivity index (χ0v) is 12.7. The van der Waals surface area contributed by atoms with E-state index in [1.165, 1.54) is 42.5 Å². The van der Waals surface area contributed by atoms with Crippen LogP contribution in [0.5, 0.6) is 5.75 Å². The molecule has 0 aliphatic carbocycles. The van der Waals surface area contributed by atoms with Gasteiger partial charge in [0.15, 0.2) is 12.4 Å². The van der Waals surface area contributed by atoms with Gasteiger partial charge in [0.1, 0.15) is 0 Å². The molecule has 0 saturated heterocycles. The molecule has 0 aliphatic heterocycles. The zero-order chi connectivity index (χ0) is 18.2. The average Bonchev–Trinajstić information content (AvgIpc) is 2.60. The van der Waals surface area contributed by atoms with Crippen LogP contribution in [0.3, 0.4) is 0 Å². The molecular weight excluding hydrogens is 332 g/mol. The highest BCUT2D eigenvalue weighted by molar-refractivity contribution is 5.86. The lowest BCUT2D eigenvalue weighted by atomic mass is 10.2. The SMILES string of the molecule is O=C(COc1ccccc1[N+](=O)[O-])N/N=C/c1ccccc1[N+](=O)[O-]. The second-order valence-electron chi connectivity index (χ2n) is 4.62. The van der Waals surface area contributed by atoms with Gasteiger partial charge in [-0.1, -0.05) is 24.3 Å². The number of nitro benzene ring substituents is 2. The molecule has 0 aromatic heterocycles. The Hall–Kier alpha value is -3.82. The minimum atomic E-state index is -0.673. The second-order valence-corrected chi connectivity index (χ2v) is 4.62. The number of benzene rings is 2. The molecule has 1 N–H and O–H groups in total. The highest BCUT2D eigenvalue weighted by Gasteiger charge is 2.15. The van der Waals surface area contributed by atoms with Crippen LogP contribution in [0, 0.1) is 20.2 Å². The van der Waals surface area contributed by atoms with Crippen LogP contribution >= 0.6 is 0 Å². The van der Waals surface area contributed by atoms with Crippen LogP contribution in [0.4, 0.5) is 11.4 Å². The first-order chi connectivity index (χ1) is 12.0. The van der Waals surface area contributed by atoms with E-state index in [0.717, 1.165) is 6.21 Å². The molecule has 25 heavy (non-hydrogen) atoms. The number of para-hydroxylation sites is 3. The molecule has 0 spiro atoms. The lowest BCUT2D eigenvalue weighted by Gasteiger charge is -2.05. The highest BCUT2D eigenvalue weighted by Crippen LogP contribution is 2.25. The molecule has 0 aliphatic rings. The third-order valence-corrected chi connectivity index (χ3v) is 2.95. The minimum Gasteiger partial charge on any atom is -0.477 e. The molecule has 2 aromatic carbocycles. The standard InChI is InChI=1S/C15H12N4O6/c20-15(10-25-14-8-4-3-7-13(14)19(23)24)17-16-9-11-5-1-2-6-12(11)18(21)22/h1-9H,10H2,(H,17,20)/b16-9+. The van der Waals surface area contributed by atoms with Crippen molar-refractivity contribution in [3.8, 4) is 5.75 Å². The smallest absolute Gasteiger partial charge is 0.310 e. The number of hydrogen-bond acceptors (Lipinski definition) is 7. The number of carbonyl (C=O) groups is 1. The Kier molecular flexibility index (Phi) is 5.72. The van der Waals surface area contributed by atoms with Gasteiger partial charge < -0.3 is 4.74 Å². The van der Waals surface area contributed by atoms with Crippen molar-refractivity contribution in [3.63, 3.8) is 0 Å². The van der Waals surface area contributed by atoms with Crippen LogP contribution < -0.4 is 10.2 Å². The van der Waals surface area contributed by atoms with Gasteiger partial charge in [0.25, 0.3) is 11.6 Å². The van der Waals surface area contributed by atoms with E-state index in [1.54, 1.807) is 6.07 Å². The maximum absolute atomic E-state index is 11.7. The molecule has 1 amide bonds. The highest BCUT2D eigenvalue weighted by atomic mass is 16.6. The Morgan fingerprint density at radius 1 is 1.04 bits per heavy atom. The molecule has 0 bridgehead atoms. The van der Waals surface area contributed by atoms with E-state index in [0.29, 0.717) is 0 Å². The van der Waals surface area contributed by atoms with Gasteiger partial charge in [-0.25, -0.2) is 5.43 Å². The summed E-state index contributed by atoms with van der Waals surface area (Å²) in [5.74, 6) is -0.724. The first-order valence-electron chi connectivity index (χ1n) is 6.90. The van der Waals surface area contributed by atoms with E-state index in [1.807, 2.05) is 0 Å². The monoisotopic (exact) mass is 344 g/mol. The number of hydrogen-bond donors (Lipinski definition) is 1. The average molecular weight is 344 g/mol. The predicted molar refractivity (Wildman–Crippen MR) is 87.4 cm³/mol. The van der Waals surface area contributed by atoms with E-state index in [-0.39, 0.29) is 22.7 Å². The summed E-state index contributed by atoms with van der Waals surface area (Å²) in [4.78, 5) is 32.1. The molecule has 0 unspecified atom stereocenters. The van der Waals surface area contributed by atoms with E-state index < -0.39 is 22.4 Å². The molecule has 2 rings (SSSR count). The Morgan fingerprint density at radius 2 is 1.64 bits per heavy atom. The molecular formula is C15H12N4O6. The summed E-state index contributed by atoms with van der Waals surface area (Å²) in [5, 5.41) is 25.3. The van der Waals surface area contributed by atoms with E-state index in [2.05, 4.69) is 10.5 Å². The molecule has 10 nitrogen and oxygen atoms in total. The lowest BCUT2D eigenvalue weighted by molar-refractivity contribution is -0.385. The van der Waals surface area contributed by atoms with Crippen LogP contribution in [0.25, 0.3) is 0 Å². The van der Waals surface area contributed by atoms with Crippen LogP contribution in [-0.2, 0) is 4.79 Å².